The molecule has 2 rings (SSSR count). The van der Waals surface area contributed by atoms with Crippen LogP contribution in [0.15, 0.2) is 24.3 Å². The molecular formula is C15H15F4NO2. The number of benzene rings is 1. The van der Waals surface area contributed by atoms with E-state index >= 15 is 0 Å². The molecule has 22 heavy (non-hydrogen) atoms. The van der Waals surface area contributed by atoms with Crippen molar-refractivity contribution in [2.45, 2.75) is 38.0 Å². The van der Waals surface area contributed by atoms with Gasteiger partial charge in [-0.1, -0.05) is 12.1 Å². The summed E-state index contributed by atoms with van der Waals surface area (Å²) in [6.45, 7) is 0.0884. The Morgan fingerprint density at radius 2 is 1.55 bits per heavy atom. The lowest BCUT2D eigenvalue weighted by Gasteiger charge is -2.14. The van der Waals surface area contributed by atoms with Gasteiger partial charge in [0, 0.05) is 6.54 Å². The topological polar surface area (TPSA) is 37.4 Å². The van der Waals surface area contributed by atoms with E-state index in [1.165, 1.54) is 0 Å². The molecule has 0 N–H and O–H groups in total. The number of unbranched alkanes of at least 4 members (excludes halogenated alkanes) is 1. The number of hydrogen-bond acceptors (Lipinski definition) is 2. The Morgan fingerprint density at radius 1 is 1.00 bits per heavy atom. The lowest BCUT2D eigenvalue weighted by Crippen LogP contribution is -2.30. The lowest BCUT2D eigenvalue weighted by molar-refractivity contribution is -0.146. The second-order valence-corrected chi connectivity index (χ2v) is 5.22. The molecule has 0 aliphatic carbocycles. The van der Waals surface area contributed by atoms with Crippen molar-refractivity contribution in [2.75, 3.05) is 6.54 Å². The Kier molecular flexibility index (Phi) is 4.83. The predicted octanol–water partition coefficient (Wildman–Crippen LogP) is 3.74. The SMILES string of the molecule is O=C1c2ccccc2C(=O)N1CCCCC(F)CC(F)(F)F. The fourth-order valence-corrected chi connectivity index (χ4v) is 2.43. The third-order valence-corrected chi connectivity index (χ3v) is 3.48. The standard InChI is InChI=1S/C15H15F4NO2/c16-10(9-15(17,18)19)5-3-4-8-20-13(21)11-6-1-2-7-12(11)14(20)22/h1-2,6-7,10H,3-5,8-9H2. The van der Waals surface area contributed by atoms with Crippen LogP contribution in [0.1, 0.15) is 46.4 Å². The highest BCUT2D eigenvalue weighted by Crippen LogP contribution is 2.26. The van der Waals surface area contributed by atoms with Crippen LogP contribution in [0.4, 0.5) is 17.6 Å². The van der Waals surface area contributed by atoms with Gasteiger partial charge in [0.1, 0.15) is 6.17 Å². The van der Waals surface area contributed by atoms with Crippen LogP contribution < -0.4 is 0 Å². The minimum Gasteiger partial charge on any atom is -0.274 e. The Bertz CT molecular complexity index is 536. The van der Waals surface area contributed by atoms with E-state index in [4.69, 9.17) is 0 Å². The maximum atomic E-state index is 13.1. The molecule has 3 nitrogen and oxygen atoms in total. The molecule has 0 saturated carbocycles. The van der Waals surface area contributed by atoms with Gasteiger partial charge < -0.3 is 0 Å². The largest absolute Gasteiger partial charge is 0.391 e. The first-order valence-corrected chi connectivity index (χ1v) is 6.95. The summed E-state index contributed by atoms with van der Waals surface area (Å²) in [5.41, 5.74) is 0.654. The Labute approximate surface area is 124 Å². The third-order valence-electron chi connectivity index (χ3n) is 3.48. The van der Waals surface area contributed by atoms with Crippen LogP contribution in [-0.4, -0.2) is 35.6 Å². The highest BCUT2D eigenvalue weighted by atomic mass is 19.4. The average molecular weight is 317 g/mol. The van der Waals surface area contributed by atoms with Crippen molar-refractivity contribution in [1.82, 2.24) is 4.90 Å². The summed E-state index contributed by atoms with van der Waals surface area (Å²) >= 11 is 0. The van der Waals surface area contributed by atoms with Gasteiger partial charge >= 0.3 is 6.18 Å². The summed E-state index contributed by atoms with van der Waals surface area (Å²) in [4.78, 5) is 25.1. The van der Waals surface area contributed by atoms with Crippen LogP contribution in [0.2, 0.25) is 0 Å². The molecule has 0 spiro atoms. The molecule has 1 atom stereocenters. The summed E-state index contributed by atoms with van der Waals surface area (Å²) in [5.74, 6) is -0.819. The van der Waals surface area contributed by atoms with Gasteiger partial charge in [-0.25, -0.2) is 4.39 Å². The smallest absolute Gasteiger partial charge is 0.274 e. The number of imide groups is 1. The maximum absolute atomic E-state index is 13.1. The number of rotatable bonds is 6. The minimum atomic E-state index is -4.51. The molecule has 1 aromatic rings. The molecule has 120 valence electrons. The fraction of sp³-hybridized carbons (Fsp3) is 0.467. The molecule has 7 heteroatoms. The summed E-state index contributed by atoms with van der Waals surface area (Å²) in [6.07, 6.45) is -7.68. The highest BCUT2D eigenvalue weighted by molar-refractivity contribution is 6.21. The zero-order valence-corrected chi connectivity index (χ0v) is 11.7. The molecule has 1 heterocycles. The van der Waals surface area contributed by atoms with Crippen molar-refractivity contribution >= 4 is 11.8 Å². The first-order chi connectivity index (χ1) is 10.3. The Balaban J connectivity index is 1.79. The van der Waals surface area contributed by atoms with Crippen molar-refractivity contribution in [3.63, 3.8) is 0 Å². The number of hydrogen-bond donors (Lipinski definition) is 0. The monoisotopic (exact) mass is 317 g/mol. The van der Waals surface area contributed by atoms with Gasteiger partial charge in [0.15, 0.2) is 0 Å². The number of carbonyl (C=O) groups excluding carboxylic acids is 2. The van der Waals surface area contributed by atoms with E-state index in [-0.39, 0.29) is 25.8 Å². The molecule has 0 bridgehead atoms. The highest BCUT2D eigenvalue weighted by Gasteiger charge is 2.35. The first kappa shape index (κ1) is 16.5. The molecule has 1 aliphatic heterocycles. The number of alkyl halides is 4. The van der Waals surface area contributed by atoms with Gasteiger partial charge in [-0.05, 0) is 31.4 Å². The van der Waals surface area contributed by atoms with Gasteiger partial charge in [0.25, 0.3) is 11.8 Å². The zero-order chi connectivity index (χ0) is 16.3. The van der Waals surface area contributed by atoms with Crippen molar-refractivity contribution in [3.8, 4) is 0 Å². The zero-order valence-electron chi connectivity index (χ0n) is 11.7. The Morgan fingerprint density at radius 3 is 2.05 bits per heavy atom. The van der Waals surface area contributed by atoms with Gasteiger partial charge in [0.05, 0.1) is 17.5 Å². The number of amides is 2. The summed E-state index contributed by atoms with van der Waals surface area (Å²) < 4.78 is 49.0. The third kappa shape index (κ3) is 3.84. The molecule has 1 unspecified atom stereocenters. The van der Waals surface area contributed by atoms with Crippen LogP contribution in [0, 0.1) is 0 Å². The summed E-state index contributed by atoms with van der Waals surface area (Å²) in [6, 6.07) is 6.41. The van der Waals surface area contributed by atoms with Crippen molar-refractivity contribution in [2.24, 2.45) is 0 Å². The molecule has 1 aliphatic rings. The van der Waals surface area contributed by atoms with E-state index in [1.807, 2.05) is 0 Å². The maximum Gasteiger partial charge on any atom is 0.391 e. The van der Waals surface area contributed by atoms with Crippen LogP contribution in [0.25, 0.3) is 0 Å². The first-order valence-electron chi connectivity index (χ1n) is 6.95. The second kappa shape index (κ2) is 6.46. The van der Waals surface area contributed by atoms with Crippen LogP contribution in [0.5, 0.6) is 0 Å². The summed E-state index contributed by atoms with van der Waals surface area (Å²) in [5, 5.41) is 0. The molecule has 0 aromatic heterocycles. The van der Waals surface area contributed by atoms with E-state index in [0.29, 0.717) is 11.1 Å². The Hall–Kier alpha value is -1.92. The number of carbonyl (C=O) groups is 2. The normalized spacial score (nSPS) is 16.1. The van der Waals surface area contributed by atoms with Crippen molar-refractivity contribution < 1.29 is 27.2 Å². The van der Waals surface area contributed by atoms with Crippen LogP contribution in [-0.2, 0) is 0 Å². The van der Waals surface area contributed by atoms with E-state index < -0.39 is 30.6 Å². The summed E-state index contributed by atoms with van der Waals surface area (Å²) in [7, 11) is 0. The van der Waals surface area contributed by atoms with Gasteiger partial charge in [-0.2, -0.15) is 13.2 Å². The molecule has 0 saturated heterocycles. The van der Waals surface area contributed by atoms with Crippen molar-refractivity contribution in [3.05, 3.63) is 35.4 Å². The van der Waals surface area contributed by atoms with E-state index in [9.17, 15) is 27.2 Å². The number of fused-ring (bicyclic) bond motifs is 1. The second-order valence-electron chi connectivity index (χ2n) is 5.22. The molecule has 0 fully saturated rings. The quantitative estimate of drug-likeness (QED) is 0.455. The minimum absolute atomic E-state index is 0.0884. The van der Waals surface area contributed by atoms with Crippen molar-refractivity contribution in [1.29, 1.82) is 0 Å². The van der Waals surface area contributed by atoms with Crippen LogP contribution >= 0.6 is 0 Å². The molecule has 0 radical (unpaired) electrons. The van der Waals surface area contributed by atoms with E-state index in [0.717, 1.165) is 4.90 Å². The van der Waals surface area contributed by atoms with Gasteiger partial charge in [-0.15, -0.1) is 0 Å². The molecule has 1 aromatic carbocycles. The van der Waals surface area contributed by atoms with Gasteiger partial charge in [0.2, 0.25) is 0 Å². The van der Waals surface area contributed by atoms with Crippen LogP contribution in [0.3, 0.4) is 0 Å². The average Bonchev–Trinajstić information content (AvgIpc) is 2.67. The van der Waals surface area contributed by atoms with E-state index in [2.05, 4.69) is 0 Å². The van der Waals surface area contributed by atoms with Gasteiger partial charge in [-0.3, -0.25) is 14.5 Å². The lowest BCUT2D eigenvalue weighted by atomic mass is 10.1. The number of nitrogens with zero attached hydrogens (tertiary/aromatic N) is 1. The fourth-order valence-electron chi connectivity index (χ4n) is 2.43. The predicted molar refractivity (Wildman–Crippen MR) is 71.2 cm³/mol. The number of halogens is 4. The molecular weight excluding hydrogens is 302 g/mol. The molecule has 2 amide bonds. The van der Waals surface area contributed by atoms with E-state index in [1.54, 1.807) is 24.3 Å².